The zero-order chi connectivity index (χ0) is 18.3. The maximum Gasteiger partial charge on any atom is 0.397 e. The van der Waals surface area contributed by atoms with Gasteiger partial charge in [0.05, 0.1) is 12.3 Å². The Balaban J connectivity index is 1.99. The number of aromatic nitrogens is 2. The third-order valence-electron chi connectivity index (χ3n) is 3.32. The van der Waals surface area contributed by atoms with E-state index in [2.05, 4.69) is 29.5 Å². The van der Waals surface area contributed by atoms with Crippen LogP contribution in [0.25, 0.3) is 0 Å². The standard InChI is InChI=1S/C14H19N5O4S2/c1-3-19(7-4-8-23-25(20,21)22)12-5-6-13(11(2)9-12)16-18-14-17-15-10-24-14/h5-6,9-10H,3-4,7-8H2,1-2H3,(H,20,21,22)/b18-16+. The Morgan fingerprint density at radius 3 is 2.76 bits per heavy atom. The summed E-state index contributed by atoms with van der Waals surface area (Å²) in [5.41, 5.74) is 4.28. The van der Waals surface area contributed by atoms with Gasteiger partial charge in [0.2, 0.25) is 0 Å². The van der Waals surface area contributed by atoms with Crippen LogP contribution < -0.4 is 4.90 Å². The van der Waals surface area contributed by atoms with Crippen LogP contribution in [-0.2, 0) is 14.6 Å². The Kier molecular flexibility index (Phi) is 6.93. The van der Waals surface area contributed by atoms with Crippen LogP contribution in [0.2, 0.25) is 0 Å². The van der Waals surface area contributed by atoms with Gasteiger partial charge in [0.25, 0.3) is 5.13 Å². The van der Waals surface area contributed by atoms with E-state index in [1.54, 1.807) is 5.51 Å². The molecule has 0 bridgehead atoms. The second-order valence-electron chi connectivity index (χ2n) is 5.08. The molecule has 1 aromatic heterocycles. The fourth-order valence-electron chi connectivity index (χ4n) is 2.15. The maximum atomic E-state index is 10.5. The van der Waals surface area contributed by atoms with E-state index in [9.17, 15) is 8.42 Å². The number of rotatable bonds is 9. The summed E-state index contributed by atoms with van der Waals surface area (Å²) in [6, 6.07) is 5.78. The highest BCUT2D eigenvalue weighted by atomic mass is 32.3. The first-order valence-corrected chi connectivity index (χ1v) is 9.79. The van der Waals surface area contributed by atoms with Crippen molar-refractivity contribution in [3.05, 3.63) is 29.3 Å². The van der Waals surface area contributed by atoms with Gasteiger partial charge in [-0.3, -0.25) is 4.55 Å². The molecule has 1 aromatic carbocycles. The maximum absolute atomic E-state index is 10.5. The lowest BCUT2D eigenvalue weighted by Crippen LogP contribution is -2.25. The molecule has 2 aromatic rings. The molecule has 136 valence electrons. The SMILES string of the molecule is CCN(CCCOS(=O)(=O)O)c1ccc(/N=N/c2nncs2)c(C)c1. The normalized spacial score (nSPS) is 12.0. The minimum absolute atomic E-state index is 0.0670. The molecule has 0 aliphatic rings. The summed E-state index contributed by atoms with van der Waals surface area (Å²) in [5, 5.41) is 16.2. The molecular formula is C14H19N5O4S2. The molecule has 9 nitrogen and oxygen atoms in total. The molecule has 0 fully saturated rings. The van der Waals surface area contributed by atoms with E-state index in [1.807, 2.05) is 32.0 Å². The lowest BCUT2D eigenvalue weighted by Gasteiger charge is -2.23. The van der Waals surface area contributed by atoms with Crippen molar-refractivity contribution in [1.29, 1.82) is 0 Å². The number of aryl methyl sites for hydroxylation is 1. The monoisotopic (exact) mass is 385 g/mol. The summed E-state index contributed by atoms with van der Waals surface area (Å²) < 4.78 is 34.0. The molecule has 1 heterocycles. The van der Waals surface area contributed by atoms with Gasteiger partial charge in [0.1, 0.15) is 5.51 Å². The molecule has 11 heteroatoms. The van der Waals surface area contributed by atoms with E-state index in [-0.39, 0.29) is 6.61 Å². The van der Waals surface area contributed by atoms with Gasteiger partial charge in [-0.15, -0.1) is 20.4 Å². The van der Waals surface area contributed by atoms with Crippen LogP contribution in [0.3, 0.4) is 0 Å². The van der Waals surface area contributed by atoms with Crippen LogP contribution in [0.4, 0.5) is 16.5 Å². The number of nitrogens with zero attached hydrogens (tertiary/aromatic N) is 5. The molecule has 0 amide bonds. The van der Waals surface area contributed by atoms with Gasteiger partial charge in [0, 0.05) is 18.8 Å². The van der Waals surface area contributed by atoms with Crippen LogP contribution in [0.1, 0.15) is 18.9 Å². The zero-order valence-corrected chi connectivity index (χ0v) is 15.5. The smallest absolute Gasteiger partial charge is 0.372 e. The minimum atomic E-state index is -4.38. The van der Waals surface area contributed by atoms with Crippen molar-refractivity contribution in [3.8, 4) is 0 Å². The zero-order valence-electron chi connectivity index (χ0n) is 13.9. The van der Waals surface area contributed by atoms with Crippen molar-refractivity contribution in [3.63, 3.8) is 0 Å². The lowest BCUT2D eigenvalue weighted by atomic mass is 10.1. The van der Waals surface area contributed by atoms with E-state index in [0.717, 1.165) is 23.5 Å². The van der Waals surface area contributed by atoms with Crippen LogP contribution in [-0.4, -0.2) is 42.9 Å². The van der Waals surface area contributed by atoms with Crippen molar-refractivity contribution >= 4 is 38.2 Å². The van der Waals surface area contributed by atoms with Gasteiger partial charge in [-0.25, -0.2) is 4.18 Å². The molecular weight excluding hydrogens is 366 g/mol. The lowest BCUT2D eigenvalue weighted by molar-refractivity contribution is 0.266. The van der Waals surface area contributed by atoms with Gasteiger partial charge in [-0.1, -0.05) is 11.3 Å². The highest BCUT2D eigenvalue weighted by Gasteiger charge is 2.09. The summed E-state index contributed by atoms with van der Waals surface area (Å²) >= 11 is 1.31. The third kappa shape index (κ3) is 6.46. The van der Waals surface area contributed by atoms with E-state index in [0.29, 0.717) is 18.1 Å². The van der Waals surface area contributed by atoms with Crippen LogP contribution in [0, 0.1) is 6.92 Å². The van der Waals surface area contributed by atoms with Crippen LogP contribution in [0.15, 0.2) is 33.9 Å². The van der Waals surface area contributed by atoms with Crippen molar-refractivity contribution in [2.45, 2.75) is 20.3 Å². The van der Waals surface area contributed by atoms with Gasteiger partial charge in [0.15, 0.2) is 0 Å². The quantitative estimate of drug-likeness (QED) is 0.400. The minimum Gasteiger partial charge on any atom is -0.372 e. The largest absolute Gasteiger partial charge is 0.397 e. The highest BCUT2D eigenvalue weighted by Crippen LogP contribution is 2.27. The Morgan fingerprint density at radius 1 is 1.36 bits per heavy atom. The first kappa shape index (κ1) is 19.4. The summed E-state index contributed by atoms with van der Waals surface area (Å²) in [6.07, 6.45) is 0.463. The summed E-state index contributed by atoms with van der Waals surface area (Å²) in [7, 11) is -4.38. The second kappa shape index (κ2) is 8.94. The Labute approximate surface area is 150 Å². The van der Waals surface area contributed by atoms with E-state index in [1.165, 1.54) is 11.3 Å². The van der Waals surface area contributed by atoms with Crippen LogP contribution in [0.5, 0.6) is 0 Å². The Morgan fingerprint density at radius 2 is 2.16 bits per heavy atom. The number of hydrogen-bond acceptors (Lipinski definition) is 9. The Bertz CT molecular complexity index is 809. The summed E-state index contributed by atoms with van der Waals surface area (Å²) in [5.74, 6) is 0. The summed E-state index contributed by atoms with van der Waals surface area (Å²) in [6.45, 7) is 5.21. The molecule has 0 spiro atoms. The van der Waals surface area contributed by atoms with Gasteiger partial charge in [-0.2, -0.15) is 8.42 Å². The van der Waals surface area contributed by atoms with E-state index < -0.39 is 10.4 Å². The molecule has 0 unspecified atom stereocenters. The third-order valence-corrected chi connectivity index (χ3v) is 4.36. The molecule has 0 saturated carbocycles. The molecule has 25 heavy (non-hydrogen) atoms. The number of hydrogen-bond donors (Lipinski definition) is 1. The average Bonchev–Trinajstić information content (AvgIpc) is 3.06. The molecule has 0 atom stereocenters. The highest BCUT2D eigenvalue weighted by molar-refractivity contribution is 7.80. The van der Waals surface area contributed by atoms with Crippen molar-refractivity contribution in [2.24, 2.45) is 10.2 Å². The molecule has 0 aliphatic carbocycles. The molecule has 2 rings (SSSR count). The predicted molar refractivity (Wildman–Crippen MR) is 95.3 cm³/mol. The molecule has 0 aliphatic heterocycles. The van der Waals surface area contributed by atoms with E-state index in [4.69, 9.17) is 4.55 Å². The molecule has 0 saturated heterocycles. The first-order valence-electron chi connectivity index (χ1n) is 7.54. The van der Waals surface area contributed by atoms with Crippen molar-refractivity contribution in [1.82, 2.24) is 10.2 Å². The fourth-order valence-corrected chi connectivity index (χ4v) is 2.84. The predicted octanol–water partition coefficient (Wildman–Crippen LogP) is 3.30. The van der Waals surface area contributed by atoms with E-state index >= 15 is 0 Å². The van der Waals surface area contributed by atoms with Crippen molar-refractivity contribution < 1.29 is 17.2 Å². The first-order chi connectivity index (χ1) is 11.9. The second-order valence-corrected chi connectivity index (χ2v) is 6.98. The Hall–Kier alpha value is -1.95. The average molecular weight is 385 g/mol. The molecule has 0 radical (unpaired) electrons. The van der Waals surface area contributed by atoms with Gasteiger partial charge in [-0.05, 0) is 44.0 Å². The van der Waals surface area contributed by atoms with Gasteiger partial charge < -0.3 is 4.90 Å². The summed E-state index contributed by atoms with van der Waals surface area (Å²) in [4.78, 5) is 2.08. The number of benzene rings is 1. The number of anilines is 1. The molecule has 1 N–H and O–H groups in total. The topological polar surface area (TPSA) is 117 Å². The van der Waals surface area contributed by atoms with Crippen molar-refractivity contribution in [2.75, 3.05) is 24.6 Å². The van der Waals surface area contributed by atoms with Gasteiger partial charge >= 0.3 is 10.4 Å². The fraction of sp³-hybridized carbons (Fsp3) is 0.429. The van der Waals surface area contributed by atoms with Crippen LogP contribution >= 0.6 is 11.3 Å². The number of azo groups is 1.